The molecular weight excluding hydrogens is 264 g/mol. The van der Waals surface area contributed by atoms with E-state index in [9.17, 15) is 4.79 Å². The number of rotatable bonds is 2. The standard InChI is InChI=1S/C17H22N2O2/c20-17-6-5-12-9-18-8-7-15(12)19(17)10-13-11-21-16-4-2-1-3-14(13)16/h1-4,12-13,15,18H,5-11H2. The van der Waals surface area contributed by atoms with Crippen LogP contribution in [0.2, 0.25) is 0 Å². The van der Waals surface area contributed by atoms with Crippen molar-refractivity contribution in [3.63, 3.8) is 0 Å². The molecule has 3 atom stereocenters. The van der Waals surface area contributed by atoms with Crippen molar-refractivity contribution < 1.29 is 9.53 Å². The maximum Gasteiger partial charge on any atom is 0.222 e. The number of benzene rings is 1. The molecule has 21 heavy (non-hydrogen) atoms. The average molecular weight is 286 g/mol. The lowest BCUT2D eigenvalue weighted by Gasteiger charge is -2.45. The van der Waals surface area contributed by atoms with Crippen LogP contribution in [0.3, 0.4) is 0 Å². The van der Waals surface area contributed by atoms with Gasteiger partial charge in [-0.3, -0.25) is 4.79 Å². The summed E-state index contributed by atoms with van der Waals surface area (Å²) in [5.41, 5.74) is 1.27. The summed E-state index contributed by atoms with van der Waals surface area (Å²) in [6, 6.07) is 8.67. The maximum atomic E-state index is 12.4. The van der Waals surface area contributed by atoms with Crippen LogP contribution in [0.4, 0.5) is 0 Å². The van der Waals surface area contributed by atoms with Gasteiger partial charge in [0.05, 0.1) is 6.61 Å². The van der Waals surface area contributed by atoms with Gasteiger partial charge >= 0.3 is 0 Å². The summed E-state index contributed by atoms with van der Waals surface area (Å²) in [4.78, 5) is 14.6. The van der Waals surface area contributed by atoms with Crippen LogP contribution in [0.15, 0.2) is 24.3 Å². The second-order valence-electron chi connectivity index (χ2n) is 6.45. The van der Waals surface area contributed by atoms with E-state index >= 15 is 0 Å². The number of piperidine rings is 2. The number of fused-ring (bicyclic) bond motifs is 2. The molecule has 0 aromatic heterocycles. The first-order valence-corrected chi connectivity index (χ1v) is 8.05. The second kappa shape index (κ2) is 5.34. The third kappa shape index (κ3) is 2.31. The molecule has 4 rings (SSSR count). The quantitative estimate of drug-likeness (QED) is 0.901. The van der Waals surface area contributed by atoms with E-state index in [0.29, 0.717) is 36.8 Å². The summed E-state index contributed by atoms with van der Waals surface area (Å²) < 4.78 is 5.77. The predicted molar refractivity (Wildman–Crippen MR) is 80.4 cm³/mol. The number of carbonyl (C=O) groups excluding carboxylic acids is 1. The molecule has 4 heteroatoms. The smallest absolute Gasteiger partial charge is 0.222 e. The van der Waals surface area contributed by atoms with Gasteiger partial charge in [-0.15, -0.1) is 0 Å². The molecule has 3 aliphatic rings. The fraction of sp³-hybridized carbons (Fsp3) is 0.588. The van der Waals surface area contributed by atoms with E-state index in [1.807, 2.05) is 12.1 Å². The Hall–Kier alpha value is -1.55. The normalized spacial score (nSPS) is 31.5. The van der Waals surface area contributed by atoms with E-state index in [2.05, 4.69) is 22.3 Å². The van der Waals surface area contributed by atoms with Crippen molar-refractivity contribution in [3.8, 4) is 5.75 Å². The lowest BCUT2D eigenvalue weighted by Crippen LogP contribution is -2.56. The number of amides is 1. The number of likely N-dealkylation sites (tertiary alicyclic amines) is 1. The van der Waals surface area contributed by atoms with E-state index < -0.39 is 0 Å². The Labute approximate surface area is 125 Å². The first kappa shape index (κ1) is 13.1. The molecule has 1 amide bonds. The average Bonchev–Trinajstić information content (AvgIpc) is 2.93. The number of hydrogen-bond acceptors (Lipinski definition) is 3. The van der Waals surface area contributed by atoms with E-state index in [-0.39, 0.29) is 0 Å². The zero-order chi connectivity index (χ0) is 14.2. The topological polar surface area (TPSA) is 41.6 Å². The van der Waals surface area contributed by atoms with Gasteiger partial charge in [0.2, 0.25) is 5.91 Å². The van der Waals surface area contributed by atoms with Crippen molar-refractivity contribution in [1.82, 2.24) is 10.2 Å². The van der Waals surface area contributed by atoms with Gasteiger partial charge in [-0.1, -0.05) is 18.2 Å². The van der Waals surface area contributed by atoms with Gasteiger partial charge in [0.25, 0.3) is 0 Å². The van der Waals surface area contributed by atoms with Crippen LogP contribution < -0.4 is 10.1 Å². The summed E-state index contributed by atoms with van der Waals surface area (Å²) >= 11 is 0. The van der Waals surface area contributed by atoms with Crippen molar-refractivity contribution in [2.75, 3.05) is 26.2 Å². The first-order valence-electron chi connectivity index (χ1n) is 8.05. The van der Waals surface area contributed by atoms with Gasteiger partial charge in [0.1, 0.15) is 5.75 Å². The summed E-state index contributed by atoms with van der Waals surface area (Å²) in [7, 11) is 0. The summed E-state index contributed by atoms with van der Waals surface area (Å²) in [6.45, 7) is 3.62. The highest BCUT2D eigenvalue weighted by molar-refractivity contribution is 5.77. The number of carbonyl (C=O) groups is 1. The van der Waals surface area contributed by atoms with Gasteiger partial charge in [-0.2, -0.15) is 0 Å². The molecule has 3 heterocycles. The van der Waals surface area contributed by atoms with Crippen LogP contribution in [0.5, 0.6) is 5.75 Å². The lowest BCUT2D eigenvalue weighted by molar-refractivity contribution is -0.140. The van der Waals surface area contributed by atoms with Gasteiger partial charge in [-0.25, -0.2) is 0 Å². The zero-order valence-corrected chi connectivity index (χ0v) is 12.3. The largest absolute Gasteiger partial charge is 0.493 e. The highest BCUT2D eigenvalue weighted by atomic mass is 16.5. The third-order valence-corrected chi connectivity index (χ3v) is 5.23. The van der Waals surface area contributed by atoms with Crippen molar-refractivity contribution in [1.29, 1.82) is 0 Å². The molecule has 1 N–H and O–H groups in total. The van der Waals surface area contributed by atoms with Crippen molar-refractivity contribution in [3.05, 3.63) is 29.8 Å². The highest BCUT2D eigenvalue weighted by Crippen LogP contribution is 2.36. The molecule has 112 valence electrons. The highest BCUT2D eigenvalue weighted by Gasteiger charge is 2.39. The molecule has 0 bridgehead atoms. The Morgan fingerprint density at radius 3 is 3.14 bits per heavy atom. The molecule has 4 nitrogen and oxygen atoms in total. The van der Waals surface area contributed by atoms with Gasteiger partial charge in [-0.05, 0) is 37.9 Å². The number of nitrogens with zero attached hydrogens (tertiary/aromatic N) is 1. The predicted octanol–water partition coefficient (Wildman–Crippen LogP) is 1.76. The fourth-order valence-electron chi connectivity index (χ4n) is 4.11. The molecule has 0 saturated carbocycles. The fourth-order valence-corrected chi connectivity index (χ4v) is 4.11. The Bertz CT molecular complexity index is 545. The third-order valence-electron chi connectivity index (χ3n) is 5.23. The van der Waals surface area contributed by atoms with E-state index in [4.69, 9.17) is 4.74 Å². The van der Waals surface area contributed by atoms with Crippen LogP contribution in [-0.4, -0.2) is 43.1 Å². The summed E-state index contributed by atoms with van der Waals surface area (Å²) in [5.74, 6) is 2.30. The van der Waals surface area contributed by atoms with Crippen LogP contribution in [0, 0.1) is 5.92 Å². The molecule has 1 aromatic carbocycles. The van der Waals surface area contributed by atoms with E-state index in [1.54, 1.807) is 0 Å². The number of hydrogen-bond donors (Lipinski definition) is 1. The van der Waals surface area contributed by atoms with Crippen molar-refractivity contribution in [2.45, 2.75) is 31.2 Å². The van der Waals surface area contributed by atoms with E-state index in [1.165, 1.54) is 5.56 Å². The Morgan fingerprint density at radius 2 is 2.19 bits per heavy atom. The second-order valence-corrected chi connectivity index (χ2v) is 6.45. The van der Waals surface area contributed by atoms with Crippen molar-refractivity contribution in [2.24, 2.45) is 5.92 Å². The monoisotopic (exact) mass is 286 g/mol. The van der Waals surface area contributed by atoms with Gasteiger partial charge in [0, 0.05) is 30.5 Å². The molecule has 3 aliphatic heterocycles. The van der Waals surface area contributed by atoms with Crippen LogP contribution >= 0.6 is 0 Å². The molecule has 2 saturated heterocycles. The minimum Gasteiger partial charge on any atom is -0.493 e. The SMILES string of the molecule is O=C1CCC2CNCCC2N1CC1COc2ccccc21. The minimum atomic E-state index is 0.332. The molecule has 0 spiro atoms. The number of nitrogens with one attached hydrogen (secondary N) is 1. The molecule has 2 fully saturated rings. The molecule has 1 aromatic rings. The van der Waals surface area contributed by atoms with Gasteiger partial charge in [0.15, 0.2) is 0 Å². The molecule has 0 aliphatic carbocycles. The van der Waals surface area contributed by atoms with Crippen LogP contribution in [-0.2, 0) is 4.79 Å². The summed E-state index contributed by atoms with van der Waals surface area (Å²) in [6.07, 6.45) is 2.84. The summed E-state index contributed by atoms with van der Waals surface area (Å²) in [5, 5.41) is 3.47. The molecule has 0 radical (unpaired) electrons. The minimum absolute atomic E-state index is 0.332. The Kier molecular flexibility index (Phi) is 3.34. The van der Waals surface area contributed by atoms with Crippen molar-refractivity contribution >= 4 is 5.91 Å². The van der Waals surface area contributed by atoms with Crippen LogP contribution in [0.25, 0.3) is 0 Å². The maximum absolute atomic E-state index is 12.4. The molecule has 3 unspecified atom stereocenters. The van der Waals surface area contributed by atoms with Crippen LogP contribution in [0.1, 0.15) is 30.7 Å². The number of para-hydroxylation sites is 1. The Balaban J connectivity index is 1.54. The molecular formula is C17H22N2O2. The van der Waals surface area contributed by atoms with Gasteiger partial charge < -0.3 is 15.0 Å². The van der Waals surface area contributed by atoms with E-state index in [0.717, 1.165) is 38.2 Å². The lowest BCUT2D eigenvalue weighted by atomic mass is 9.83. The number of ether oxygens (including phenoxy) is 1. The Morgan fingerprint density at radius 1 is 1.29 bits per heavy atom. The first-order chi connectivity index (χ1) is 10.3. The zero-order valence-electron chi connectivity index (χ0n) is 12.3.